The molecule has 1 aromatic carbocycles. The van der Waals surface area contributed by atoms with Gasteiger partial charge in [0.2, 0.25) is 0 Å². The molecule has 19 heavy (non-hydrogen) atoms. The molecule has 2 aliphatic heterocycles. The predicted molar refractivity (Wildman–Crippen MR) is 76.6 cm³/mol. The molecule has 0 unspecified atom stereocenters. The molecule has 1 fully saturated rings. The second kappa shape index (κ2) is 6.08. The molecule has 4 nitrogen and oxygen atoms in total. The first-order valence-electron chi connectivity index (χ1n) is 6.27. The Hall–Kier alpha value is -1.52. The van der Waals surface area contributed by atoms with Gasteiger partial charge in [0, 0.05) is 31.7 Å². The minimum atomic E-state index is 0. The Kier molecular flexibility index (Phi) is 4.45. The SMILES string of the molecule is Cl.O=C(C1=Cc2ccccc2OC1)N1CCNCC1. The maximum absolute atomic E-state index is 12.3. The number of ether oxygens (including phenoxy) is 1. The molecule has 0 saturated carbocycles. The molecule has 0 bridgehead atoms. The molecule has 0 aromatic heterocycles. The van der Waals surface area contributed by atoms with Crippen LogP contribution in [0.3, 0.4) is 0 Å². The highest BCUT2D eigenvalue weighted by molar-refractivity contribution is 5.99. The van der Waals surface area contributed by atoms with E-state index < -0.39 is 0 Å². The molecule has 1 aromatic rings. The predicted octanol–water partition coefficient (Wildman–Crippen LogP) is 1.32. The summed E-state index contributed by atoms with van der Waals surface area (Å²) in [7, 11) is 0. The van der Waals surface area contributed by atoms with Gasteiger partial charge in [-0.05, 0) is 12.1 Å². The topological polar surface area (TPSA) is 41.6 Å². The molecule has 2 aliphatic rings. The van der Waals surface area contributed by atoms with Gasteiger partial charge < -0.3 is 15.0 Å². The van der Waals surface area contributed by atoms with Crippen LogP contribution in [-0.2, 0) is 4.79 Å². The van der Waals surface area contributed by atoms with E-state index in [4.69, 9.17) is 4.74 Å². The fourth-order valence-corrected chi connectivity index (χ4v) is 2.31. The van der Waals surface area contributed by atoms with E-state index in [0.29, 0.717) is 6.61 Å². The second-order valence-corrected chi connectivity index (χ2v) is 4.54. The number of hydrogen-bond donors (Lipinski definition) is 1. The first-order valence-corrected chi connectivity index (χ1v) is 6.27. The summed E-state index contributed by atoms with van der Waals surface area (Å²) >= 11 is 0. The first-order chi connectivity index (χ1) is 8.84. The number of nitrogens with one attached hydrogen (secondary N) is 1. The molecule has 2 heterocycles. The van der Waals surface area contributed by atoms with E-state index in [0.717, 1.165) is 43.1 Å². The fraction of sp³-hybridized carbons (Fsp3) is 0.357. The van der Waals surface area contributed by atoms with Gasteiger partial charge in [-0.2, -0.15) is 0 Å². The summed E-state index contributed by atoms with van der Waals surface area (Å²) < 4.78 is 5.62. The number of nitrogens with zero attached hydrogens (tertiary/aromatic N) is 1. The van der Waals surface area contributed by atoms with Crippen LogP contribution in [0.15, 0.2) is 29.8 Å². The summed E-state index contributed by atoms with van der Waals surface area (Å²) in [5, 5.41) is 3.24. The largest absolute Gasteiger partial charge is 0.488 e. The summed E-state index contributed by atoms with van der Waals surface area (Å²) in [5.74, 6) is 0.959. The van der Waals surface area contributed by atoms with Crippen molar-refractivity contribution in [1.82, 2.24) is 10.2 Å². The number of carbonyl (C=O) groups excluding carboxylic acids is 1. The van der Waals surface area contributed by atoms with Crippen molar-refractivity contribution < 1.29 is 9.53 Å². The number of piperazine rings is 1. The van der Waals surface area contributed by atoms with Crippen molar-refractivity contribution in [1.29, 1.82) is 0 Å². The molecule has 0 atom stereocenters. The number of carbonyl (C=O) groups is 1. The first kappa shape index (κ1) is 13.9. The average Bonchev–Trinajstić information content (AvgIpc) is 2.47. The monoisotopic (exact) mass is 280 g/mol. The van der Waals surface area contributed by atoms with Crippen LogP contribution in [-0.4, -0.2) is 43.6 Å². The van der Waals surface area contributed by atoms with Crippen LogP contribution in [0, 0.1) is 0 Å². The van der Waals surface area contributed by atoms with Crippen LogP contribution >= 0.6 is 12.4 Å². The highest BCUT2D eigenvalue weighted by Crippen LogP contribution is 2.26. The summed E-state index contributed by atoms with van der Waals surface area (Å²) in [4.78, 5) is 14.2. The smallest absolute Gasteiger partial charge is 0.253 e. The van der Waals surface area contributed by atoms with Crippen LogP contribution in [0.5, 0.6) is 5.75 Å². The number of amides is 1. The van der Waals surface area contributed by atoms with E-state index in [1.54, 1.807) is 0 Å². The van der Waals surface area contributed by atoms with Crippen LogP contribution in [0.2, 0.25) is 0 Å². The van der Waals surface area contributed by atoms with Crippen LogP contribution in [0.4, 0.5) is 0 Å². The third-order valence-electron chi connectivity index (χ3n) is 3.31. The van der Waals surface area contributed by atoms with E-state index in [2.05, 4.69) is 5.32 Å². The highest BCUT2D eigenvalue weighted by atomic mass is 35.5. The van der Waals surface area contributed by atoms with Gasteiger partial charge in [0.1, 0.15) is 12.4 Å². The lowest BCUT2D eigenvalue weighted by atomic mass is 10.1. The van der Waals surface area contributed by atoms with Gasteiger partial charge >= 0.3 is 0 Å². The van der Waals surface area contributed by atoms with E-state index in [1.165, 1.54) is 0 Å². The van der Waals surface area contributed by atoms with Gasteiger partial charge in [-0.3, -0.25) is 4.79 Å². The quantitative estimate of drug-likeness (QED) is 0.844. The van der Waals surface area contributed by atoms with E-state index >= 15 is 0 Å². The van der Waals surface area contributed by atoms with Gasteiger partial charge in [0.05, 0.1) is 5.57 Å². The summed E-state index contributed by atoms with van der Waals surface area (Å²) in [5.41, 5.74) is 1.73. The van der Waals surface area contributed by atoms with Gasteiger partial charge in [0.15, 0.2) is 0 Å². The van der Waals surface area contributed by atoms with Gasteiger partial charge in [0.25, 0.3) is 5.91 Å². The Bertz CT molecular complexity index is 496. The lowest BCUT2D eigenvalue weighted by Crippen LogP contribution is -2.47. The molecule has 1 saturated heterocycles. The lowest BCUT2D eigenvalue weighted by molar-refractivity contribution is -0.128. The molecule has 0 aliphatic carbocycles. The number of halogens is 1. The van der Waals surface area contributed by atoms with Crippen molar-refractivity contribution in [2.24, 2.45) is 0 Å². The van der Waals surface area contributed by atoms with Crippen molar-refractivity contribution in [3.63, 3.8) is 0 Å². The molecular weight excluding hydrogens is 264 g/mol. The maximum Gasteiger partial charge on any atom is 0.253 e. The van der Waals surface area contributed by atoms with Gasteiger partial charge in [-0.15, -0.1) is 12.4 Å². The van der Waals surface area contributed by atoms with Crippen LogP contribution in [0.25, 0.3) is 6.08 Å². The third kappa shape index (κ3) is 2.91. The minimum absolute atomic E-state index is 0. The van der Waals surface area contributed by atoms with Crippen LogP contribution in [0.1, 0.15) is 5.56 Å². The molecule has 0 spiro atoms. The Morgan fingerprint density at radius 3 is 2.74 bits per heavy atom. The fourth-order valence-electron chi connectivity index (χ4n) is 2.31. The van der Waals surface area contributed by atoms with Crippen molar-refractivity contribution in [3.05, 3.63) is 35.4 Å². The normalized spacial score (nSPS) is 17.7. The minimum Gasteiger partial charge on any atom is -0.488 e. The summed E-state index contributed by atoms with van der Waals surface area (Å²) in [6, 6.07) is 7.80. The average molecular weight is 281 g/mol. The Balaban J connectivity index is 0.00000133. The van der Waals surface area contributed by atoms with Crippen molar-refractivity contribution in [3.8, 4) is 5.75 Å². The lowest BCUT2D eigenvalue weighted by Gasteiger charge is -2.29. The van der Waals surface area contributed by atoms with Gasteiger partial charge in [-0.1, -0.05) is 18.2 Å². The number of fused-ring (bicyclic) bond motifs is 1. The molecular formula is C14H17ClN2O2. The van der Waals surface area contributed by atoms with Crippen molar-refractivity contribution in [2.45, 2.75) is 0 Å². The van der Waals surface area contributed by atoms with E-state index in [-0.39, 0.29) is 18.3 Å². The Morgan fingerprint density at radius 2 is 1.95 bits per heavy atom. The Labute approximate surface area is 118 Å². The zero-order chi connectivity index (χ0) is 12.4. The molecule has 102 valence electrons. The van der Waals surface area contributed by atoms with Gasteiger partial charge in [-0.25, -0.2) is 0 Å². The molecule has 0 radical (unpaired) electrons. The number of rotatable bonds is 1. The second-order valence-electron chi connectivity index (χ2n) is 4.54. The van der Waals surface area contributed by atoms with Crippen molar-refractivity contribution in [2.75, 3.05) is 32.8 Å². The molecule has 1 N–H and O–H groups in total. The maximum atomic E-state index is 12.3. The number of hydrogen-bond acceptors (Lipinski definition) is 3. The third-order valence-corrected chi connectivity index (χ3v) is 3.31. The highest BCUT2D eigenvalue weighted by Gasteiger charge is 2.23. The standard InChI is InChI=1S/C14H16N2O2.ClH/c17-14(16-7-5-15-6-8-16)12-9-11-3-1-2-4-13(11)18-10-12;/h1-4,9,15H,5-8,10H2;1H. The molecule has 1 amide bonds. The Morgan fingerprint density at radius 1 is 1.21 bits per heavy atom. The molecule has 5 heteroatoms. The van der Waals surface area contributed by atoms with E-state index in [1.807, 2.05) is 35.2 Å². The number of para-hydroxylation sites is 1. The zero-order valence-electron chi connectivity index (χ0n) is 10.6. The van der Waals surface area contributed by atoms with Crippen molar-refractivity contribution >= 4 is 24.4 Å². The molecule has 3 rings (SSSR count). The van der Waals surface area contributed by atoms with E-state index in [9.17, 15) is 4.79 Å². The van der Waals surface area contributed by atoms with Crippen LogP contribution < -0.4 is 10.1 Å². The zero-order valence-corrected chi connectivity index (χ0v) is 11.4. The number of benzene rings is 1. The summed E-state index contributed by atoms with van der Waals surface area (Å²) in [6.07, 6.45) is 1.95. The summed E-state index contributed by atoms with van der Waals surface area (Å²) in [6.45, 7) is 3.67.